The van der Waals surface area contributed by atoms with Crippen LogP contribution in [0.25, 0.3) is 0 Å². The Hall–Kier alpha value is -0.280. The van der Waals surface area contributed by atoms with Crippen molar-refractivity contribution >= 4 is 0 Å². The number of aliphatic hydroxyl groups is 5. The Morgan fingerprint density at radius 1 is 0.941 bits per heavy atom. The minimum atomic E-state index is -1.41. The molecule has 1 fully saturated rings. The number of ether oxygens (including phenoxy) is 2. The molecule has 102 valence electrons. The molecule has 0 aliphatic carbocycles. The van der Waals surface area contributed by atoms with Gasteiger partial charge in [-0.05, 0) is 12.8 Å². The molecule has 1 aliphatic heterocycles. The average molecular weight is 252 g/mol. The molecule has 1 rings (SSSR count). The molecular formula is C10H20O7. The van der Waals surface area contributed by atoms with Crippen LogP contribution in [-0.2, 0) is 9.47 Å². The smallest absolute Gasteiger partial charge is 0.186 e. The summed E-state index contributed by atoms with van der Waals surface area (Å²) < 4.78 is 10.3. The van der Waals surface area contributed by atoms with E-state index in [9.17, 15) is 15.3 Å². The van der Waals surface area contributed by atoms with E-state index in [-0.39, 0.29) is 13.2 Å². The molecular weight excluding hydrogens is 232 g/mol. The Morgan fingerprint density at radius 2 is 1.65 bits per heavy atom. The van der Waals surface area contributed by atoms with Crippen molar-refractivity contribution in [2.45, 2.75) is 43.5 Å². The van der Waals surface area contributed by atoms with Crippen LogP contribution in [0, 0.1) is 0 Å². The molecule has 0 spiro atoms. The van der Waals surface area contributed by atoms with Crippen LogP contribution in [0.2, 0.25) is 0 Å². The monoisotopic (exact) mass is 252 g/mol. The zero-order valence-corrected chi connectivity index (χ0v) is 9.47. The molecule has 1 aliphatic rings. The highest BCUT2D eigenvalue weighted by Gasteiger charge is 2.43. The molecule has 0 amide bonds. The van der Waals surface area contributed by atoms with E-state index in [1.807, 2.05) is 0 Å². The van der Waals surface area contributed by atoms with Gasteiger partial charge in [-0.1, -0.05) is 0 Å². The van der Waals surface area contributed by atoms with Crippen molar-refractivity contribution in [1.29, 1.82) is 0 Å². The Bertz CT molecular complexity index is 211. The maximum atomic E-state index is 9.59. The predicted molar refractivity (Wildman–Crippen MR) is 56.0 cm³/mol. The molecule has 0 aromatic carbocycles. The summed E-state index contributed by atoms with van der Waals surface area (Å²) in [5, 5.41) is 46.0. The Labute approximate surface area is 99.2 Å². The lowest BCUT2D eigenvalue weighted by molar-refractivity contribution is -0.301. The molecule has 0 bridgehead atoms. The fourth-order valence-corrected chi connectivity index (χ4v) is 1.62. The lowest BCUT2D eigenvalue weighted by Gasteiger charge is -2.39. The number of unbranched alkanes of at least 4 members (excludes halogenated alkanes) is 1. The van der Waals surface area contributed by atoms with E-state index in [1.54, 1.807) is 0 Å². The average Bonchev–Trinajstić information content (AvgIpc) is 2.34. The third kappa shape index (κ3) is 3.85. The van der Waals surface area contributed by atoms with Gasteiger partial charge in [0.1, 0.15) is 24.4 Å². The van der Waals surface area contributed by atoms with Crippen LogP contribution < -0.4 is 0 Å². The molecule has 5 N–H and O–H groups in total. The lowest BCUT2D eigenvalue weighted by atomic mass is 9.99. The third-order valence-electron chi connectivity index (χ3n) is 2.68. The van der Waals surface area contributed by atoms with Gasteiger partial charge in [-0.2, -0.15) is 0 Å². The summed E-state index contributed by atoms with van der Waals surface area (Å²) in [6, 6.07) is 0. The van der Waals surface area contributed by atoms with Gasteiger partial charge in [-0.25, -0.2) is 0 Å². The summed E-state index contributed by atoms with van der Waals surface area (Å²) in [6.07, 6.45) is -5.01. The van der Waals surface area contributed by atoms with Gasteiger partial charge in [0.2, 0.25) is 0 Å². The van der Waals surface area contributed by atoms with E-state index >= 15 is 0 Å². The van der Waals surface area contributed by atoms with Crippen LogP contribution in [-0.4, -0.2) is 76.1 Å². The van der Waals surface area contributed by atoms with Crippen molar-refractivity contribution in [3.8, 4) is 0 Å². The van der Waals surface area contributed by atoms with Crippen LogP contribution >= 0.6 is 0 Å². The third-order valence-corrected chi connectivity index (χ3v) is 2.68. The van der Waals surface area contributed by atoms with Crippen molar-refractivity contribution in [1.82, 2.24) is 0 Å². The maximum Gasteiger partial charge on any atom is 0.186 e. The summed E-state index contributed by atoms with van der Waals surface area (Å²) in [5.41, 5.74) is 0. The Kier molecular flexibility index (Phi) is 6.28. The Morgan fingerprint density at radius 3 is 2.24 bits per heavy atom. The van der Waals surface area contributed by atoms with Gasteiger partial charge in [-0.15, -0.1) is 0 Å². The first-order valence-corrected chi connectivity index (χ1v) is 5.64. The van der Waals surface area contributed by atoms with E-state index in [0.717, 1.165) is 0 Å². The normalized spacial score (nSPS) is 38.3. The summed E-state index contributed by atoms with van der Waals surface area (Å²) in [4.78, 5) is 0. The van der Waals surface area contributed by atoms with E-state index in [0.29, 0.717) is 12.8 Å². The molecule has 0 saturated carbocycles. The Balaban J connectivity index is 2.42. The summed E-state index contributed by atoms with van der Waals surface area (Å²) >= 11 is 0. The van der Waals surface area contributed by atoms with Gasteiger partial charge in [0.25, 0.3) is 0 Å². The van der Waals surface area contributed by atoms with Gasteiger partial charge >= 0.3 is 0 Å². The van der Waals surface area contributed by atoms with E-state index in [2.05, 4.69) is 0 Å². The number of hydrogen-bond acceptors (Lipinski definition) is 7. The number of aliphatic hydroxyl groups excluding tert-OH is 5. The molecule has 1 saturated heterocycles. The van der Waals surface area contributed by atoms with Gasteiger partial charge in [0.15, 0.2) is 6.29 Å². The van der Waals surface area contributed by atoms with Crippen LogP contribution in [0.1, 0.15) is 12.8 Å². The first-order valence-electron chi connectivity index (χ1n) is 5.64. The SMILES string of the molecule is OCCCCO[C@@H]1O[C@H](CO)[C@@H](O)[C@H](O)[C@H]1O. The zero-order chi connectivity index (χ0) is 12.8. The fourth-order valence-electron chi connectivity index (χ4n) is 1.62. The van der Waals surface area contributed by atoms with Crippen molar-refractivity contribution in [3.63, 3.8) is 0 Å². The highest BCUT2D eigenvalue weighted by atomic mass is 16.7. The zero-order valence-electron chi connectivity index (χ0n) is 9.47. The van der Waals surface area contributed by atoms with Gasteiger partial charge in [0, 0.05) is 13.2 Å². The molecule has 1 heterocycles. The highest BCUT2D eigenvalue weighted by Crippen LogP contribution is 2.21. The predicted octanol–water partition coefficient (Wildman–Crippen LogP) is -2.42. The van der Waals surface area contributed by atoms with Crippen LogP contribution in [0.3, 0.4) is 0 Å². The highest BCUT2D eigenvalue weighted by molar-refractivity contribution is 4.88. The van der Waals surface area contributed by atoms with Crippen molar-refractivity contribution < 1.29 is 35.0 Å². The maximum absolute atomic E-state index is 9.59. The standard InChI is InChI=1S/C10H20O7/c11-3-1-2-4-16-10-9(15)8(14)7(13)6(5-12)17-10/h6-15H,1-5H2/t6-,7-,8+,9-,10-/m1/s1. The van der Waals surface area contributed by atoms with E-state index in [1.165, 1.54) is 0 Å². The summed E-state index contributed by atoms with van der Waals surface area (Å²) in [6.45, 7) is -0.164. The second-order valence-electron chi connectivity index (χ2n) is 4.00. The second kappa shape index (κ2) is 7.22. The first kappa shape index (κ1) is 14.8. The number of rotatable bonds is 6. The van der Waals surface area contributed by atoms with Gasteiger partial charge < -0.3 is 35.0 Å². The number of hydrogen-bond donors (Lipinski definition) is 5. The van der Waals surface area contributed by atoms with Crippen LogP contribution in [0.4, 0.5) is 0 Å². The van der Waals surface area contributed by atoms with Crippen LogP contribution in [0.5, 0.6) is 0 Å². The lowest BCUT2D eigenvalue weighted by Crippen LogP contribution is -2.59. The molecule has 17 heavy (non-hydrogen) atoms. The minimum absolute atomic E-state index is 0.0536. The quantitative estimate of drug-likeness (QED) is 0.333. The van der Waals surface area contributed by atoms with Gasteiger partial charge in [0.05, 0.1) is 6.61 Å². The minimum Gasteiger partial charge on any atom is -0.396 e. The molecule has 0 radical (unpaired) electrons. The largest absolute Gasteiger partial charge is 0.396 e. The summed E-state index contributed by atoms with van der Waals surface area (Å²) in [5.74, 6) is 0. The van der Waals surface area contributed by atoms with Crippen LogP contribution in [0.15, 0.2) is 0 Å². The molecule has 5 atom stereocenters. The van der Waals surface area contributed by atoms with Gasteiger partial charge in [-0.3, -0.25) is 0 Å². The molecule has 7 nitrogen and oxygen atoms in total. The topological polar surface area (TPSA) is 120 Å². The molecule has 0 aromatic rings. The molecule has 0 unspecified atom stereocenters. The van der Waals surface area contributed by atoms with Crippen molar-refractivity contribution in [2.75, 3.05) is 19.8 Å². The molecule has 7 heteroatoms. The molecule has 0 aromatic heterocycles. The van der Waals surface area contributed by atoms with E-state index in [4.69, 9.17) is 19.7 Å². The first-order chi connectivity index (χ1) is 8.11. The summed E-state index contributed by atoms with van der Waals surface area (Å²) in [7, 11) is 0. The second-order valence-corrected chi connectivity index (χ2v) is 4.00. The van der Waals surface area contributed by atoms with E-state index < -0.39 is 37.3 Å². The fraction of sp³-hybridized carbons (Fsp3) is 1.00. The van der Waals surface area contributed by atoms with Crippen molar-refractivity contribution in [3.05, 3.63) is 0 Å². The van der Waals surface area contributed by atoms with Crippen molar-refractivity contribution in [2.24, 2.45) is 0 Å².